The molecule has 0 saturated heterocycles. The quantitative estimate of drug-likeness (QED) is 0.418. The molecule has 2 aromatic carbocycles. The Morgan fingerprint density at radius 1 is 1.07 bits per heavy atom. The first-order chi connectivity index (χ1) is 12.9. The van der Waals surface area contributed by atoms with Gasteiger partial charge in [0.05, 0.1) is 22.8 Å². The van der Waals surface area contributed by atoms with Gasteiger partial charge in [-0.3, -0.25) is 14.9 Å². The zero-order valence-corrected chi connectivity index (χ0v) is 13.6. The molecule has 0 aliphatic heterocycles. The van der Waals surface area contributed by atoms with Crippen LogP contribution in [0.25, 0.3) is 11.3 Å². The first-order valence-electron chi connectivity index (χ1n) is 7.57. The predicted octanol–water partition coefficient (Wildman–Crippen LogP) is 3.90. The fourth-order valence-electron chi connectivity index (χ4n) is 2.25. The summed E-state index contributed by atoms with van der Waals surface area (Å²) in [5, 5.41) is 14.8. The normalized spacial score (nSPS) is 10.9. The van der Waals surface area contributed by atoms with Crippen molar-refractivity contribution in [1.29, 1.82) is 0 Å². The molecule has 3 rings (SSSR count). The van der Waals surface area contributed by atoms with Crippen LogP contribution in [0.5, 0.6) is 0 Å². The minimum Gasteiger partial charge on any atom is -0.455 e. The Hall–Kier alpha value is -3.88. The molecule has 0 saturated carbocycles. The van der Waals surface area contributed by atoms with Crippen LogP contribution in [0.1, 0.15) is 16.1 Å². The third-order valence-electron chi connectivity index (χ3n) is 3.51. The summed E-state index contributed by atoms with van der Waals surface area (Å²) in [5.74, 6) is -1.39. The molecule has 3 aromatic rings. The monoisotopic (exact) mass is 371 g/mol. The lowest BCUT2D eigenvalue weighted by Crippen LogP contribution is -2.17. The molecule has 1 amide bonds. The highest BCUT2D eigenvalue weighted by Gasteiger charge is 2.19. The second-order valence-corrected chi connectivity index (χ2v) is 5.33. The van der Waals surface area contributed by atoms with Crippen molar-refractivity contribution in [1.82, 2.24) is 5.43 Å². The highest BCUT2D eigenvalue weighted by molar-refractivity contribution is 5.94. The number of rotatable bonds is 5. The molecule has 0 unspecified atom stereocenters. The Kier molecular flexibility index (Phi) is 5.02. The molecule has 1 heterocycles. The zero-order chi connectivity index (χ0) is 19.4. The maximum atomic E-state index is 13.2. The van der Waals surface area contributed by atoms with Crippen LogP contribution in [0.4, 0.5) is 14.5 Å². The number of hydrazone groups is 1. The van der Waals surface area contributed by atoms with E-state index >= 15 is 0 Å². The van der Waals surface area contributed by atoms with Crippen LogP contribution in [0.3, 0.4) is 0 Å². The second kappa shape index (κ2) is 7.56. The molecule has 0 atom stereocenters. The number of halogens is 2. The first-order valence-corrected chi connectivity index (χ1v) is 7.57. The molecule has 0 radical (unpaired) electrons. The number of carbonyl (C=O) groups excluding carboxylic acids is 1. The van der Waals surface area contributed by atoms with Crippen molar-refractivity contribution in [2.75, 3.05) is 0 Å². The van der Waals surface area contributed by atoms with Gasteiger partial charge in [-0.15, -0.1) is 0 Å². The number of nitrogens with one attached hydrogen (secondary N) is 1. The van der Waals surface area contributed by atoms with Crippen molar-refractivity contribution in [3.05, 3.63) is 87.7 Å². The molecule has 0 bridgehead atoms. The van der Waals surface area contributed by atoms with E-state index in [1.165, 1.54) is 36.5 Å². The summed E-state index contributed by atoms with van der Waals surface area (Å²) in [6, 6.07) is 11.0. The van der Waals surface area contributed by atoms with E-state index in [0.29, 0.717) is 0 Å². The summed E-state index contributed by atoms with van der Waals surface area (Å²) in [6.07, 6.45) is 1.19. The number of benzene rings is 2. The van der Waals surface area contributed by atoms with Crippen molar-refractivity contribution < 1.29 is 22.9 Å². The summed E-state index contributed by atoms with van der Waals surface area (Å²) >= 11 is 0. The summed E-state index contributed by atoms with van der Waals surface area (Å²) in [4.78, 5) is 22.2. The number of nitrogens with zero attached hydrogens (tertiary/aromatic N) is 2. The van der Waals surface area contributed by atoms with Crippen molar-refractivity contribution in [2.45, 2.75) is 0 Å². The third kappa shape index (κ3) is 4.21. The molecule has 0 aliphatic carbocycles. The average molecular weight is 371 g/mol. The first kappa shape index (κ1) is 17.9. The SMILES string of the molecule is O=C(N/N=C\c1ccc(-c2ccc(F)cc2[N+](=O)[O-])o1)c1ccc(F)cc1. The number of amides is 1. The Morgan fingerprint density at radius 3 is 2.48 bits per heavy atom. The summed E-state index contributed by atoms with van der Waals surface area (Å²) in [6.45, 7) is 0. The smallest absolute Gasteiger partial charge is 0.283 e. The lowest BCUT2D eigenvalue weighted by molar-refractivity contribution is -0.384. The number of furan rings is 1. The van der Waals surface area contributed by atoms with Crippen molar-refractivity contribution in [3.8, 4) is 11.3 Å². The molecule has 9 heteroatoms. The summed E-state index contributed by atoms with van der Waals surface area (Å²) < 4.78 is 31.5. The standard InChI is InChI=1S/C18H11F2N3O4/c19-12-3-1-11(2-4-12)18(24)22-21-10-14-6-8-17(27-14)15-7-5-13(20)9-16(15)23(25)26/h1-10H,(H,22,24)/b21-10-. The Balaban J connectivity index is 1.73. The number of carbonyl (C=O) groups is 1. The van der Waals surface area contributed by atoms with Crippen LogP contribution in [-0.4, -0.2) is 17.0 Å². The number of hydrogen-bond donors (Lipinski definition) is 1. The molecule has 136 valence electrons. The highest BCUT2D eigenvalue weighted by Crippen LogP contribution is 2.31. The van der Waals surface area contributed by atoms with Gasteiger partial charge in [0.25, 0.3) is 11.6 Å². The Morgan fingerprint density at radius 2 is 1.78 bits per heavy atom. The van der Waals surface area contributed by atoms with Crippen LogP contribution in [0.2, 0.25) is 0 Å². The highest BCUT2D eigenvalue weighted by atomic mass is 19.1. The molecule has 7 nitrogen and oxygen atoms in total. The predicted molar refractivity (Wildman–Crippen MR) is 92.2 cm³/mol. The van der Waals surface area contributed by atoms with Gasteiger partial charge in [0.1, 0.15) is 23.2 Å². The van der Waals surface area contributed by atoms with Crippen molar-refractivity contribution >= 4 is 17.8 Å². The lowest BCUT2D eigenvalue weighted by Gasteiger charge is -2.00. The number of nitro benzene ring substituents is 1. The van der Waals surface area contributed by atoms with Gasteiger partial charge < -0.3 is 4.42 Å². The molecular formula is C18H11F2N3O4. The van der Waals surface area contributed by atoms with Crippen LogP contribution < -0.4 is 5.43 Å². The van der Waals surface area contributed by atoms with Crippen molar-refractivity contribution in [3.63, 3.8) is 0 Å². The van der Waals surface area contributed by atoms with E-state index in [9.17, 15) is 23.7 Å². The molecule has 0 spiro atoms. The van der Waals surface area contributed by atoms with Gasteiger partial charge >= 0.3 is 0 Å². The van der Waals surface area contributed by atoms with E-state index in [1.54, 1.807) is 0 Å². The molecule has 1 aromatic heterocycles. The van der Waals surface area contributed by atoms with Crippen LogP contribution >= 0.6 is 0 Å². The van der Waals surface area contributed by atoms with Crippen LogP contribution in [0, 0.1) is 21.7 Å². The number of hydrogen-bond acceptors (Lipinski definition) is 5. The van der Waals surface area contributed by atoms with E-state index in [-0.39, 0.29) is 22.6 Å². The van der Waals surface area contributed by atoms with Gasteiger partial charge in [0.15, 0.2) is 0 Å². The van der Waals surface area contributed by atoms with E-state index in [4.69, 9.17) is 4.42 Å². The van der Waals surface area contributed by atoms with Gasteiger partial charge in [0.2, 0.25) is 0 Å². The average Bonchev–Trinajstić information content (AvgIpc) is 3.10. The lowest BCUT2D eigenvalue weighted by atomic mass is 10.1. The van der Waals surface area contributed by atoms with Gasteiger partial charge in [-0.2, -0.15) is 5.10 Å². The Bertz CT molecular complexity index is 1030. The van der Waals surface area contributed by atoms with E-state index in [2.05, 4.69) is 10.5 Å². The maximum absolute atomic E-state index is 13.2. The molecular weight excluding hydrogens is 360 g/mol. The second-order valence-electron chi connectivity index (χ2n) is 5.33. The van der Waals surface area contributed by atoms with Gasteiger partial charge in [-0.25, -0.2) is 14.2 Å². The summed E-state index contributed by atoms with van der Waals surface area (Å²) in [7, 11) is 0. The van der Waals surface area contributed by atoms with Gasteiger partial charge in [0, 0.05) is 5.56 Å². The molecule has 1 N–H and O–H groups in total. The largest absolute Gasteiger partial charge is 0.455 e. The molecule has 0 fully saturated rings. The van der Waals surface area contributed by atoms with E-state index < -0.39 is 28.2 Å². The van der Waals surface area contributed by atoms with Crippen LogP contribution in [0.15, 0.2) is 64.1 Å². The van der Waals surface area contributed by atoms with Gasteiger partial charge in [-0.1, -0.05) is 0 Å². The fraction of sp³-hybridized carbons (Fsp3) is 0. The number of nitro groups is 1. The summed E-state index contributed by atoms with van der Waals surface area (Å²) in [5.41, 5.74) is 2.14. The Labute approximate surface area is 151 Å². The van der Waals surface area contributed by atoms with E-state index in [0.717, 1.165) is 24.3 Å². The zero-order valence-electron chi connectivity index (χ0n) is 13.6. The minimum atomic E-state index is -0.734. The van der Waals surface area contributed by atoms with E-state index in [1.807, 2.05) is 0 Å². The molecule has 0 aliphatic rings. The fourth-order valence-corrected chi connectivity index (χ4v) is 2.25. The maximum Gasteiger partial charge on any atom is 0.283 e. The van der Waals surface area contributed by atoms with Gasteiger partial charge in [-0.05, 0) is 48.5 Å². The van der Waals surface area contributed by atoms with Crippen LogP contribution in [-0.2, 0) is 0 Å². The third-order valence-corrected chi connectivity index (χ3v) is 3.51. The molecule has 27 heavy (non-hydrogen) atoms. The van der Waals surface area contributed by atoms with Crippen molar-refractivity contribution in [2.24, 2.45) is 5.10 Å². The topological polar surface area (TPSA) is 97.7 Å². The minimum absolute atomic E-state index is 0.108.